The van der Waals surface area contributed by atoms with E-state index in [0.29, 0.717) is 19.3 Å². The summed E-state index contributed by atoms with van der Waals surface area (Å²) in [7, 11) is 2.18. The minimum Gasteiger partial charge on any atom is -0.375 e. The van der Waals surface area contributed by atoms with Crippen LogP contribution in [-0.4, -0.2) is 24.6 Å². The summed E-state index contributed by atoms with van der Waals surface area (Å²) in [5.41, 5.74) is 3.84. The molecule has 5 heteroatoms. The van der Waals surface area contributed by atoms with Crippen LogP contribution in [0.25, 0.3) is 0 Å². The lowest BCUT2D eigenvalue weighted by Gasteiger charge is -2.28. The maximum Gasteiger partial charge on any atom is 0.0736 e. The van der Waals surface area contributed by atoms with Gasteiger partial charge in [-0.15, -0.1) is 0 Å². The van der Waals surface area contributed by atoms with Gasteiger partial charge < -0.3 is 4.74 Å². The first-order valence-corrected chi connectivity index (χ1v) is 11.4. The van der Waals surface area contributed by atoms with Gasteiger partial charge in [0, 0.05) is 32.5 Å². The van der Waals surface area contributed by atoms with Crippen LogP contribution in [0.4, 0.5) is 0 Å². The standard InChI is InChI=1S/C22H23Br2NOS/c1-25(12-18-9-5-6-10-21(18)23)20(11-17-7-3-2-4-8-17)14-26-13-19-15-27-16-22(19)24/h2-10,15-16,20H,11-14H2,1H3/t20-/m0/s1. The molecule has 0 saturated carbocycles. The fourth-order valence-corrected chi connectivity index (χ4v) is 4.78. The molecule has 0 spiro atoms. The second kappa shape index (κ2) is 10.5. The predicted octanol–water partition coefficient (Wildman–Crippen LogP) is 6.53. The Labute approximate surface area is 182 Å². The topological polar surface area (TPSA) is 12.5 Å². The molecule has 0 fully saturated rings. The van der Waals surface area contributed by atoms with Crippen LogP contribution in [0.2, 0.25) is 0 Å². The van der Waals surface area contributed by atoms with Gasteiger partial charge in [-0.1, -0.05) is 64.5 Å². The van der Waals surface area contributed by atoms with Crippen LogP contribution in [0.3, 0.4) is 0 Å². The molecule has 142 valence electrons. The number of ether oxygens (including phenoxy) is 1. The Hall–Kier alpha value is -0.980. The molecule has 0 aliphatic heterocycles. The number of likely N-dealkylation sites (N-methyl/N-ethyl adjacent to an activating group) is 1. The van der Waals surface area contributed by atoms with Crippen molar-refractivity contribution in [3.63, 3.8) is 0 Å². The summed E-state index contributed by atoms with van der Waals surface area (Å²) >= 11 is 8.94. The van der Waals surface area contributed by atoms with E-state index in [1.807, 2.05) is 0 Å². The first kappa shape index (κ1) is 20.7. The van der Waals surface area contributed by atoms with Crippen molar-refractivity contribution in [3.05, 3.63) is 91.0 Å². The molecule has 0 N–H and O–H groups in total. The Morgan fingerprint density at radius 1 is 0.926 bits per heavy atom. The Bertz CT molecular complexity index is 837. The third-order valence-electron chi connectivity index (χ3n) is 4.57. The highest BCUT2D eigenvalue weighted by Crippen LogP contribution is 2.23. The first-order chi connectivity index (χ1) is 13.1. The van der Waals surface area contributed by atoms with Crippen molar-refractivity contribution < 1.29 is 4.74 Å². The van der Waals surface area contributed by atoms with Crippen molar-refractivity contribution in [1.29, 1.82) is 0 Å². The van der Waals surface area contributed by atoms with Crippen LogP contribution in [0, 0.1) is 0 Å². The number of hydrogen-bond acceptors (Lipinski definition) is 3. The highest BCUT2D eigenvalue weighted by Gasteiger charge is 2.17. The van der Waals surface area contributed by atoms with E-state index in [1.165, 1.54) is 16.7 Å². The summed E-state index contributed by atoms with van der Waals surface area (Å²) in [6.45, 7) is 2.21. The Kier molecular flexibility index (Phi) is 8.09. The molecule has 0 bridgehead atoms. The Morgan fingerprint density at radius 2 is 1.67 bits per heavy atom. The lowest BCUT2D eigenvalue weighted by Crippen LogP contribution is -2.37. The smallest absolute Gasteiger partial charge is 0.0736 e. The van der Waals surface area contributed by atoms with Gasteiger partial charge in [-0.25, -0.2) is 0 Å². The van der Waals surface area contributed by atoms with E-state index >= 15 is 0 Å². The molecule has 2 aromatic carbocycles. The number of hydrogen-bond donors (Lipinski definition) is 0. The zero-order valence-electron chi connectivity index (χ0n) is 15.3. The average Bonchev–Trinajstić information content (AvgIpc) is 3.08. The van der Waals surface area contributed by atoms with Crippen molar-refractivity contribution in [3.8, 4) is 0 Å². The molecule has 0 amide bonds. The summed E-state index contributed by atoms with van der Waals surface area (Å²) in [5, 5.41) is 4.24. The molecule has 0 unspecified atom stereocenters. The fourth-order valence-electron chi connectivity index (χ4n) is 2.97. The van der Waals surface area contributed by atoms with Crippen molar-refractivity contribution in [2.75, 3.05) is 13.7 Å². The van der Waals surface area contributed by atoms with Gasteiger partial charge >= 0.3 is 0 Å². The minimum absolute atomic E-state index is 0.303. The van der Waals surface area contributed by atoms with E-state index in [1.54, 1.807) is 11.3 Å². The molecular weight excluding hydrogens is 486 g/mol. The Morgan fingerprint density at radius 3 is 2.37 bits per heavy atom. The molecule has 3 aromatic rings. The summed E-state index contributed by atoms with van der Waals surface area (Å²) in [5.74, 6) is 0. The second-order valence-electron chi connectivity index (χ2n) is 6.61. The molecule has 1 atom stereocenters. The SMILES string of the molecule is CN(Cc1ccccc1Br)[C@H](COCc1cscc1Br)Cc1ccccc1. The number of halogens is 2. The van der Waals surface area contributed by atoms with E-state index in [4.69, 9.17) is 4.74 Å². The molecule has 1 heterocycles. The van der Waals surface area contributed by atoms with Crippen molar-refractivity contribution >= 4 is 43.2 Å². The van der Waals surface area contributed by atoms with Gasteiger partial charge in [-0.05, 0) is 52.0 Å². The maximum atomic E-state index is 6.11. The second-order valence-corrected chi connectivity index (χ2v) is 9.06. The number of thiophene rings is 1. The van der Waals surface area contributed by atoms with E-state index in [9.17, 15) is 0 Å². The summed E-state index contributed by atoms with van der Waals surface area (Å²) < 4.78 is 8.39. The van der Waals surface area contributed by atoms with Crippen molar-refractivity contribution in [2.24, 2.45) is 0 Å². The first-order valence-electron chi connectivity index (χ1n) is 8.89. The lowest BCUT2D eigenvalue weighted by molar-refractivity contribution is 0.0573. The highest BCUT2D eigenvalue weighted by molar-refractivity contribution is 9.10. The zero-order chi connectivity index (χ0) is 19.1. The molecule has 0 aliphatic rings. The quantitative estimate of drug-likeness (QED) is 0.325. The van der Waals surface area contributed by atoms with Gasteiger partial charge in [-0.3, -0.25) is 4.90 Å². The summed E-state index contributed by atoms with van der Waals surface area (Å²) in [6, 6.07) is 19.4. The van der Waals surface area contributed by atoms with Crippen molar-refractivity contribution in [2.45, 2.75) is 25.6 Å². The van der Waals surface area contributed by atoms with Crippen molar-refractivity contribution in [1.82, 2.24) is 4.90 Å². The van der Waals surface area contributed by atoms with Gasteiger partial charge in [0.1, 0.15) is 0 Å². The molecule has 0 saturated heterocycles. The number of rotatable bonds is 9. The molecule has 0 aliphatic carbocycles. The fraction of sp³-hybridized carbons (Fsp3) is 0.273. The maximum absolute atomic E-state index is 6.11. The zero-order valence-corrected chi connectivity index (χ0v) is 19.3. The summed E-state index contributed by atoms with van der Waals surface area (Å²) in [6.07, 6.45) is 0.965. The molecule has 27 heavy (non-hydrogen) atoms. The van der Waals surface area contributed by atoms with Gasteiger partial charge in [-0.2, -0.15) is 11.3 Å². The lowest BCUT2D eigenvalue weighted by atomic mass is 10.0. The Balaban J connectivity index is 1.66. The van der Waals surface area contributed by atoms with E-state index < -0.39 is 0 Å². The molecule has 2 nitrogen and oxygen atoms in total. The van der Waals surface area contributed by atoms with Crippen LogP contribution < -0.4 is 0 Å². The minimum atomic E-state index is 0.303. The monoisotopic (exact) mass is 507 g/mol. The average molecular weight is 509 g/mol. The normalized spacial score (nSPS) is 12.4. The molecule has 1 aromatic heterocycles. The predicted molar refractivity (Wildman–Crippen MR) is 121 cm³/mol. The van der Waals surface area contributed by atoms with Crippen LogP contribution >= 0.6 is 43.2 Å². The van der Waals surface area contributed by atoms with Gasteiger partial charge in [0.15, 0.2) is 0 Å². The van der Waals surface area contributed by atoms with Crippen LogP contribution in [0.1, 0.15) is 16.7 Å². The van der Waals surface area contributed by atoms with E-state index in [0.717, 1.165) is 21.9 Å². The third-order valence-corrected chi connectivity index (χ3v) is 7.18. The number of benzene rings is 2. The van der Waals surface area contributed by atoms with Gasteiger partial charge in [0.05, 0.1) is 13.2 Å². The number of nitrogens with zero attached hydrogens (tertiary/aromatic N) is 1. The van der Waals surface area contributed by atoms with Crippen LogP contribution in [0.15, 0.2) is 74.3 Å². The van der Waals surface area contributed by atoms with Gasteiger partial charge in [0.25, 0.3) is 0 Å². The van der Waals surface area contributed by atoms with Gasteiger partial charge in [0.2, 0.25) is 0 Å². The highest BCUT2D eigenvalue weighted by atomic mass is 79.9. The molecular formula is C22H23Br2NOS. The van der Waals surface area contributed by atoms with Crippen LogP contribution in [0.5, 0.6) is 0 Å². The van der Waals surface area contributed by atoms with E-state index in [-0.39, 0.29) is 0 Å². The third kappa shape index (κ3) is 6.26. The van der Waals surface area contributed by atoms with Crippen LogP contribution in [-0.2, 0) is 24.3 Å². The van der Waals surface area contributed by atoms with E-state index in [2.05, 4.69) is 109 Å². The largest absolute Gasteiger partial charge is 0.375 e. The summed E-state index contributed by atoms with van der Waals surface area (Å²) in [4.78, 5) is 2.38. The molecule has 3 rings (SSSR count). The molecule has 0 radical (unpaired) electrons.